The predicted molar refractivity (Wildman–Crippen MR) is 188 cm³/mol. The molecule has 2 aromatic carbocycles. The molecule has 0 unspecified atom stereocenters. The van der Waals surface area contributed by atoms with Crippen molar-refractivity contribution in [3.8, 4) is 45.4 Å². The fourth-order valence-electron chi connectivity index (χ4n) is 5.89. The second kappa shape index (κ2) is 15.5. The first-order valence-electron chi connectivity index (χ1n) is 15.7. The number of benzene rings is 2. The van der Waals surface area contributed by atoms with E-state index in [1.807, 2.05) is 36.4 Å². The zero-order chi connectivity index (χ0) is 33.6. The van der Waals surface area contributed by atoms with Crippen molar-refractivity contribution < 1.29 is 19.1 Å². The topological polar surface area (TPSA) is 152 Å². The Kier molecular flexibility index (Phi) is 10.9. The first-order valence-corrected chi connectivity index (χ1v) is 17.3. The van der Waals surface area contributed by atoms with Gasteiger partial charge >= 0.3 is 0 Å². The Morgan fingerprint density at radius 3 is 1.50 bits per heavy atom. The molecule has 0 radical (unpaired) electrons. The van der Waals surface area contributed by atoms with Crippen molar-refractivity contribution in [2.24, 2.45) is 0 Å². The van der Waals surface area contributed by atoms with E-state index in [-0.39, 0.29) is 23.9 Å². The van der Waals surface area contributed by atoms with Gasteiger partial charge in [-0.2, -0.15) is 0 Å². The molecular formula is C34H36Br2N8O4. The molecule has 4 N–H and O–H groups in total. The van der Waals surface area contributed by atoms with Crippen LogP contribution >= 0.6 is 31.9 Å². The summed E-state index contributed by atoms with van der Waals surface area (Å²) >= 11 is 7.70. The summed E-state index contributed by atoms with van der Waals surface area (Å²) in [6, 6.07) is 12.3. The summed E-state index contributed by atoms with van der Waals surface area (Å²) in [6.45, 7) is 2.24. The molecule has 0 aliphatic carbocycles. The summed E-state index contributed by atoms with van der Waals surface area (Å²) < 4.78 is 12.9. The Morgan fingerprint density at radius 2 is 1.12 bits per heavy atom. The Bertz CT molecular complexity index is 1690. The molecule has 0 saturated carbocycles. The minimum absolute atomic E-state index is 0.0932. The Hall–Kier alpha value is -3.98. The van der Waals surface area contributed by atoms with E-state index in [2.05, 4.69) is 63.1 Å². The molecule has 6 rings (SSSR count). The number of methoxy groups -OCH3 is 2. The van der Waals surface area contributed by atoms with Crippen LogP contribution < -0.4 is 30.7 Å². The number of nitrogens with zero attached hydrogens (tertiary/aromatic N) is 4. The van der Waals surface area contributed by atoms with Gasteiger partial charge in [0.2, 0.25) is 23.6 Å². The number of hydrogen-bond donors (Lipinski definition) is 4. The van der Waals surface area contributed by atoms with Gasteiger partial charge in [0.1, 0.15) is 11.4 Å². The first kappa shape index (κ1) is 33.9. The van der Waals surface area contributed by atoms with Gasteiger partial charge in [0.25, 0.3) is 0 Å². The summed E-state index contributed by atoms with van der Waals surface area (Å²) in [5, 5.41) is 12.6. The van der Waals surface area contributed by atoms with E-state index in [0.29, 0.717) is 73.6 Å². The molecule has 48 heavy (non-hydrogen) atoms. The van der Waals surface area contributed by atoms with Gasteiger partial charge in [-0.25, -0.2) is 9.97 Å². The molecule has 250 valence electrons. The van der Waals surface area contributed by atoms with Crippen LogP contribution in [-0.4, -0.2) is 71.1 Å². The third-order valence-electron chi connectivity index (χ3n) is 8.39. The number of rotatable bonds is 13. The van der Waals surface area contributed by atoms with Crippen LogP contribution in [0.1, 0.15) is 37.1 Å². The summed E-state index contributed by atoms with van der Waals surface area (Å²) in [5.74, 6) is 1.06. The summed E-state index contributed by atoms with van der Waals surface area (Å²) in [6.07, 6.45) is 6.28. The second-order valence-corrected chi connectivity index (χ2v) is 13.2. The van der Waals surface area contributed by atoms with Crippen molar-refractivity contribution in [2.75, 3.05) is 27.3 Å². The minimum Gasteiger partial charge on any atom is -0.480 e. The van der Waals surface area contributed by atoms with Gasteiger partial charge < -0.3 is 30.7 Å². The van der Waals surface area contributed by atoms with Crippen LogP contribution in [0.4, 0.5) is 0 Å². The van der Waals surface area contributed by atoms with Crippen molar-refractivity contribution >= 4 is 43.7 Å². The average molecular weight is 781 g/mol. The molecule has 12 nitrogen and oxygen atoms in total. The number of ether oxygens (including phenoxy) is 2. The van der Waals surface area contributed by atoms with E-state index < -0.39 is 0 Å². The number of nitrogens with one attached hydrogen (secondary N) is 4. The highest BCUT2D eigenvalue weighted by Gasteiger charge is 2.22. The zero-order valence-electron chi connectivity index (χ0n) is 26.6. The van der Waals surface area contributed by atoms with Gasteiger partial charge in [0, 0.05) is 71.2 Å². The summed E-state index contributed by atoms with van der Waals surface area (Å²) in [5.41, 5.74) is 6.32. The number of hydrogen-bond acceptors (Lipinski definition) is 10. The largest absolute Gasteiger partial charge is 0.480 e. The number of carbonyl (C=O) groups excluding carboxylic acids is 2. The first-order chi connectivity index (χ1) is 23.3. The van der Waals surface area contributed by atoms with Gasteiger partial charge in [-0.3, -0.25) is 19.6 Å². The van der Waals surface area contributed by atoms with Gasteiger partial charge in [-0.1, -0.05) is 36.4 Å². The SMILES string of the molecule is COc1nc(-c2cccc(-c3cccc(-c4cnc(CNC[C@@H]5CCC(=O)N5)c(OC)n4)c3Br)c2Br)cnc1CNC[C@@H]1CCC(=O)N1. The number of aromatic nitrogens is 4. The van der Waals surface area contributed by atoms with E-state index in [9.17, 15) is 9.59 Å². The van der Waals surface area contributed by atoms with Gasteiger partial charge in [-0.15, -0.1) is 0 Å². The number of carbonyl (C=O) groups is 2. The van der Waals surface area contributed by atoms with Gasteiger partial charge in [0.15, 0.2) is 0 Å². The van der Waals surface area contributed by atoms with Crippen LogP contribution in [0.2, 0.25) is 0 Å². The predicted octanol–water partition coefficient (Wildman–Crippen LogP) is 4.55. The van der Waals surface area contributed by atoms with Crippen LogP contribution in [0.3, 0.4) is 0 Å². The van der Waals surface area contributed by atoms with Crippen LogP contribution in [0, 0.1) is 0 Å². The van der Waals surface area contributed by atoms with Crippen molar-refractivity contribution in [1.29, 1.82) is 0 Å². The Morgan fingerprint density at radius 1 is 0.708 bits per heavy atom. The lowest BCUT2D eigenvalue weighted by Crippen LogP contribution is -2.35. The Labute approximate surface area is 295 Å². The Balaban J connectivity index is 1.20. The van der Waals surface area contributed by atoms with E-state index >= 15 is 0 Å². The molecule has 14 heteroatoms. The van der Waals surface area contributed by atoms with Crippen molar-refractivity contribution in [3.05, 3.63) is 69.1 Å². The fraction of sp³-hybridized carbons (Fsp3) is 0.353. The lowest BCUT2D eigenvalue weighted by atomic mass is 9.99. The van der Waals surface area contributed by atoms with Crippen LogP contribution in [0.5, 0.6) is 11.8 Å². The van der Waals surface area contributed by atoms with Gasteiger partial charge in [-0.05, 0) is 55.8 Å². The molecule has 0 spiro atoms. The normalized spacial score (nSPS) is 17.3. The second-order valence-electron chi connectivity index (χ2n) is 11.6. The lowest BCUT2D eigenvalue weighted by molar-refractivity contribution is -0.120. The van der Waals surface area contributed by atoms with Gasteiger partial charge in [0.05, 0.1) is 38.0 Å². The highest BCUT2D eigenvalue weighted by atomic mass is 79.9. The van der Waals surface area contributed by atoms with E-state index in [0.717, 1.165) is 44.0 Å². The average Bonchev–Trinajstić information content (AvgIpc) is 3.72. The lowest BCUT2D eigenvalue weighted by Gasteiger charge is -2.16. The number of halogens is 2. The van der Waals surface area contributed by atoms with Crippen molar-refractivity contribution in [3.63, 3.8) is 0 Å². The quantitative estimate of drug-likeness (QED) is 0.152. The fourth-order valence-corrected chi connectivity index (χ4v) is 7.25. The monoisotopic (exact) mass is 778 g/mol. The maximum atomic E-state index is 11.5. The van der Waals surface area contributed by atoms with Crippen molar-refractivity contribution in [2.45, 2.75) is 50.9 Å². The minimum atomic E-state index is 0.0932. The molecule has 2 amide bonds. The van der Waals surface area contributed by atoms with E-state index in [1.165, 1.54) is 0 Å². The molecule has 2 aliphatic heterocycles. The molecule has 4 heterocycles. The molecule has 2 aromatic heterocycles. The van der Waals surface area contributed by atoms with Crippen LogP contribution in [0.25, 0.3) is 33.6 Å². The number of amides is 2. The van der Waals surface area contributed by atoms with Crippen LogP contribution in [-0.2, 0) is 22.7 Å². The standard InChI is InChI=1S/C34H36Br2N8O4/c1-47-33-27(15-37-13-19-9-11-29(45)41-19)39-17-25(43-33)23-7-3-5-21(31(23)35)22-6-4-8-24(32(22)36)26-18-40-28(34(44-26)48-2)16-38-14-20-10-12-30(46)42-20/h3-8,17-20,37-38H,9-16H2,1-2H3,(H,41,45)(H,42,46)/t19-,20-/m0/s1. The highest BCUT2D eigenvalue weighted by Crippen LogP contribution is 2.42. The molecular weight excluding hydrogens is 744 g/mol. The van der Waals surface area contributed by atoms with E-state index in [1.54, 1.807) is 26.6 Å². The third kappa shape index (κ3) is 7.67. The smallest absolute Gasteiger partial charge is 0.237 e. The molecule has 4 aromatic rings. The highest BCUT2D eigenvalue weighted by molar-refractivity contribution is 9.11. The molecule has 0 bridgehead atoms. The summed E-state index contributed by atoms with van der Waals surface area (Å²) in [7, 11) is 3.17. The third-order valence-corrected chi connectivity index (χ3v) is 10.1. The molecule has 2 aliphatic rings. The molecule has 2 atom stereocenters. The maximum absolute atomic E-state index is 11.5. The maximum Gasteiger partial charge on any atom is 0.237 e. The van der Waals surface area contributed by atoms with Crippen LogP contribution in [0.15, 0.2) is 57.7 Å². The molecule has 2 saturated heterocycles. The van der Waals surface area contributed by atoms with Crippen molar-refractivity contribution in [1.82, 2.24) is 41.2 Å². The van der Waals surface area contributed by atoms with E-state index in [4.69, 9.17) is 19.4 Å². The molecule has 2 fully saturated rings. The summed E-state index contributed by atoms with van der Waals surface area (Å²) in [4.78, 5) is 41.9. The zero-order valence-corrected chi connectivity index (χ0v) is 29.8.